The predicted octanol–water partition coefficient (Wildman–Crippen LogP) is 1.58. The number of rotatable bonds is 9. The molecule has 1 atom stereocenters. The summed E-state index contributed by atoms with van der Waals surface area (Å²) in [5.74, 6) is -0.290. The minimum Gasteiger partial charge on any atom is -0.381 e. The van der Waals surface area contributed by atoms with E-state index in [1.165, 1.54) is 0 Å². The average molecular weight is 460 g/mol. The zero-order valence-corrected chi connectivity index (χ0v) is 19.9. The molecule has 0 saturated carbocycles. The molecule has 2 saturated heterocycles. The smallest absolute Gasteiger partial charge is 0.248 e. The van der Waals surface area contributed by atoms with Crippen molar-refractivity contribution in [2.45, 2.75) is 39.2 Å². The van der Waals surface area contributed by atoms with Crippen LogP contribution in [0.25, 0.3) is 0 Å². The molecule has 1 aromatic rings. The third-order valence-corrected chi connectivity index (χ3v) is 6.48. The van der Waals surface area contributed by atoms with Gasteiger partial charge in [0.25, 0.3) is 0 Å². The third kappa shape index (κ3) is 7.27. The van der Waals surface area contributed by atoms with Crippen LogP contribution in [-0.2, 0) is 30.3 Å². The maximum absolute atomic E-state index is 13.2. The number of carbonyl (C=O) groups excluding carboxylic acids is 3. The Hall–Kier alpha value is -2.45. The van der Waals surface area contributed by atoms with Crippen molar-refractivity contribution < 1.29 is 23.9 Å². The predicted molar refractivity (Wildman–Crippen MR) is 125 cm³/mol. The standard InChI is InChI=1S/C25H37N3O5/c1-3-26(4-2)24(30)19-33-22-16-27(13-10-20-8-6-5-7-9-20)23(29)18-28(17-22)25(31)21-11-14-32-15-12-21/h5-9,21-22H,3-4,10-19H2,1-2H3. The van der Waals surface area contributed by atoms with Gasteiger partial charge in [0.2, 0.25) is 17.7 Å². The number of benzene rings is 1. The zero-order valence-electron chi connectivity index (χ0n) is 19.9. The lowest BCUT2D eigenvalue weighted by Gasteiger charge is -2.29. The van der Waals surface area contributed by atoms with Crippen LogP contribution in [-0.4, -0.2) is 97.6 Å². The van der Waals surface area contributed by atoms with Crippen LogP contribution in [0.3, 0.4) is 0 Å². The van der Waals surface area contributed by atoms with E-state index >= 15 is 0 Å². The van der Waals surface area contributed by atoms with Gasteiger partial charge in [0.05, 0.1) is 12.6 Å². The van der Waals surface area contributed by atoms with Crippen molar-refractivity contribution in [3.05, 3.63) is 35.9 Å². The Morgan fingerprint density at radius 2 is 1.79 bits per heavy atom. The van der Waals surface area contributed by atoms with Gasteiger partial charge in [0.1, 0.15) is 6.61 Å². The molecule has 2 fully saturated rings. The van der Waals surface area contributed by atoms with Crippen LogP contribution < -0.4 is 0 Å². The second-order valence-corrected chi connectivity index (χ2v) is 8.68. The topological polar surface area (TPSA) is 79.4 Å². The van der Waals surface area contributed by atoms with E-state index in [-0.39, 0.29) is 36.8 Å². The second-order valence-electron chi connectivity index (χ2n) is 8.68. The molecule has 2 heterocycles. The third-order valence-electron chi connectivity index (χ3n) is 6.48. The monoisotopic (exact) mass is 459 g/mol. The Balaban J connectivity index is 1.68. The molecular weight excluding hydrogens is 422 g/mol. The van der Waals surface area contributed by atoms with E-state index in [4.69, 9.17) is 9.47 Å². The Kier molecular flexibility index (Phi) is 9.69. The van der Waals surface area contributed by atoms with E-state index in [0.29, 0.717) is 58.8 Å². The van der Waals surface area contributed by atoms with E-state index in [2.05, 4.69) is 0 Å². The van der Waals surface area contributed by atoms with Crippen molar-refractivity contribution in [1.29, 1.82) is 0 Å². The molecule has 2 aliphatic heterocycles. The minimum atomic E-state index is -0.407. The maximum atomic E-state index is 13.2. The second kappa shape index (κ2) is 12.7. The maximum Gasteiger partial charge on any atom is 0.248 e. The van der Waals surface area contributed by atoms with Gasteiger partial charge in [-0.15, -0.1) is 0 Å². The zero-order chi connectivity index (χ0) is 23.6. The van der Waals surface area contributed by atoms with Crippen LogP contribution >= 0.6 is 0 Å². The number of likely N-dealkylation sites (N-methyl/N-ethyl adjacent to an activating group) is 1. The number of carbonyl (C=O) groups is 3. The molecule has 1 aromatic carbocycles. The molecule has 2 aliphatic rings. The first kappa shape index (κ1) is 25.2. The summed E-state index contributed by atoms with van der Waals surface area (Å²) < 4.78 is 11.4. The van der Waals surface area contributed by atoms with Crippen LogP contribution in [0, 0.1) is 5.92 Å². The molecule has 1 unspecified atom stereocenters. The van der Waals surface area contributed by atoms with Gasteiger partial charge in [-0.1, -0.05) is 30.3 Å². The Morgan fingerprint density at radius 1 is 1.09 bits per heavy atom. The first-order valence-electron chi connectivity index (χ1n) is 12.1. The highest BCUT2D eigenvalue weighted by molar-refractivity contribution is 5.86. The highest BCUT2D eigenvalue weighted by Gasteiger charge is 2.34. The Labute approximate surface area is 196 Å². The highest BCUT2D eigenvalue weighted by atomic mass is 16.5. The molecule has 0 radical (unpaired) electrons. The van der Waals surface area contributed by atoms with Gasteiger partial charge in [-0.2, -0.15) is 0 Å². The number of ether oxygens (including phenoxy) is 2. The van der Waals surface area contributed by atoms with E-state index in [1.54, 1.807) is 14.7 Å². The lowest BCUT2D eigenvalue weighted by molar-refractivity contribution is -0.144. The van der Waals surface area contributed by atoms with Gasteiger partial charge < -0.3 is 24.2 Å². The largest absolute Gasteiger partial charge is 0.381 e. The van der Waals surface area contributed by atoms with Crippen molar-refractivity contribution in [2.75, 3.05) is 59.1 Å². The van der Waals surface area contributed by atoms with Crippen LogP contribution in [0.2, 0.25) is 0 Å². The molecule has 0 spiro atoms. The molecule has 33 heavy (non-hydrogen) atoms. The van der Waals surface area contributed by atoms with Crippen LogP contribution in [0.1, 0.15) is 32.3 Å². The number of nitrogens with zero attached hydrogens (tertiary/aromatic N) is 3. The van der Waals surface area contributed by atoms with Gasteiger partial charge in [-0.3, -0.25) is 14.4 Å². The van der Waals surface area contributed by atoms with E-state index < -0.39 is 6.10 Å². The molecule has 182 valence electrons. The summed E-state index contributed by atoms with van der Waals surface area (Å²) in [6.45, 7) is 7.49. The molecule has 0 aromatic heterocycles. The summed E-state index contributed by atoms with van der Waals surface area (Å²) >= 11 is 0. The molecule has 0 N–H and O–H groups in total. The molecule has 3 amide bonds. The van der Waals surface area contributed by atoms with E-state index in [9.17, 15) is 14.4 Å². The minimum absolute atomic E-state index is 0.0137. The van der Waals surface area contributed by atoms with Crippen molar-refractivity contribution in [3.63, 3.8) is 0 Å². The van der Waals surface area contributed by atoms with Gasteiger partial charge in [0, 0.05) is 51.9 Å². The first-order valence-corrected chi connectivity index (χ1v) is 12.1. The van der Waals surface area contributed by atoms with Crippen molar-refractivity contribution in [1.82, 2.24) is 14.7 Å². The number of hydrogen-bond donors (Lipinski definition) is 0. The SMILES string of the molecule is CCN(CC)C(=O)COC1CN(CCc2ccccc2)C(=O)CN(C(=O)C2CCOCC2)C1. The van der Waals surface area contributed by atoms with Gasteiger partial charge >= 0.3 is 0 Å². The average Bonchev–Trinajstić information content (AvgIpc) is 3.01. The molecule has 8 heteroatoms. The normalized spacial score (nSPS) is 19.9. The fourth-order valence-corrected chi connectivity index (χ4v) is 4.44. The summed E-state index contributed by atoms with van der Waals surface area (Å²) in [5, 5.41) is 0. The van der Waals surface area contributed by atoms with Crippen LogP contribution in [0.5, 0.6) is 0 Å². The quantitative estimate of drug-likeness (QED) is 0.560. The van der Waals surface area contributed by atoms with Crippen LogP contribution in [0.15, 0.2) is 30.3 Å². The van der Waals surface area contributed by atoms with Gasteiger partial charge in [0.15, 0.2) is 0 Å². The summed E-state index contributed by atoms with van der Waals surface area (Å²) in [7, 11) is 0. The summed E-state index contributed by atoms with van der Waals surface area (Å²) in [6, 6.07) is 10.0. The number of hydrogen-bond acceptors (Lipinski definition) is 5. The molecule has 8 nitrogen and oxygen atoms in total. The molecule has 3 rings (SSSR count). The molecule has 0 aliphatic carbocycles. The van der Waals surface area contributed by atoms with Crippen molar-refractivity contribution >= 4 is 17.7 Å². The van der Waals surface area contributed by atoms with E-state index in [1.807, 2.05) is 44.2 Å². The summed E-state index contributed by atoms with van der Waals surface area (Å²) in [5.41, 5.74) is 1.15. The van der Waals surface area contributed by atoms with Crippen LogP contribution in [0.4, 0.5) is 0 Å². The fraction of sp³-hybridized carbons (Fsp3) is 0.640. The fourth-order valence-electron chi connectivity index (χ4n) is 4.44. The molecule has 0 bridgehead atoms. The lowest BCUT2D eigenvalue weighted by atomic mass is 9.98. The van der Waals surface area contributed by atoms with Gasteiger partial charge in [-0.05, 0) is 38.7 Å². The lowest BCUT2D eigenvalue weighted by Crippen LogP contribution is -2.44. The van der Waals surface area contributed by atoms with Gasteiger partial charge in [-0.25, -0.2) is 0 Å². The molecular formula is C25H37N3O5. The van der Waals surface area contributed by atoms with Crippen molar-refractivity contribution in [2.24, 2.45) is 5.92 Å². The number of amides is 3. The highest BCUT2D eigenvalue weighted by Crippen LogP contribution is 2.20. The first-order chi connectivity index (χ1) is 16.0. The van der Waals surface area contributed by atoms with Crippen molar-refractivity contribution in [3.8, 4) is 0 Å². The summed E-state index contributed by atoms with van der Waals surface area (Å²) in [4.78, 5) is 43.9. The Morgan fingerprint density at radius 3 is 2.45 bits per heavy atom. The van der Waals surface area contributed by atoms with E-state index in [0.717, 1.165) is 12.0 Å². The summed E-state index contributed by atoms with van der Waals surface area (Å²) in [6.07, 6.45) is 1.67. The Bertz CT molecular complexity index is 778.